The molecule has 2 aliphatic heterocycles. The van der Waals surface area contributed by atoms with Gasteiger partial charge in [0.05, 0.1) is 28.9 Å². The van der Waals surface area contributed by atoms with Crippen LogP contribution in [-0.2, 0) is 4.79 Å². The summed E-state index contributed by atoms with van der Waals surface area (Å²) in [7, 11) is 1.59. The Kier molecular flexibility index (Phi) is 5.76. The van der Waals surface area contributed by atoms with Crippen molar-refractivity contribution < 1.29 is 9.53 Å². The van der Waals surface area contributed by atoms with Crippen molar-refractivity contribution in [3.63, 3.8) is 0 Å². The number of amidine groups is 1. The number of nitriles is 1. The Labute approximate surface area is 192 Å². The number of carbonyl (C=O) groups is 1. The average molecular weight is 496 g/mol. The fraction of sp³-hybridized carbons (Fsp3) is 0.136. The standard InChI is InChI=1S/C22H18BrN5O2S/c1-12-18(21(29)27-14-6-4-3-5-7-14)19(13-8-9-16(30-2)15(23)10-13)28-20(25)17(11-24)31-22(28)26-12/h3-10,19H,25H2,1-2H3,(H,27,29)/t19-/m0/s1. The SMILES string of the molecule is COc1ccc([C@H]2C(C(=O)Nc3ccccc3)=C(C)N=C3SC(C#N)=C(N)N32)cc1Br. The van der Waals surface area contributed by atoms with E-state index in [1.165, 1.54) is 11.8 Å². The first-order valence-electron chi connectivity index (χ1n) is 9.30. The number of ether oxygens (including phenoxy) is 1. The van der Waals surface area contributed by atoms with Crippen molar-refractivity contribution in [3.8, 4) is 11.8 Å². The number of hydrogen-bond donors (Lipinski definition) is 2. The monoisotopic (exact) mass is 495 g/mol. The molecule has 0 radical (unpaired) electrons. The molecule has 0 fully saturated rings. The second-order valence-corrected chi connectivity index (χ2v) is 8.64. The predicted molar refractivity (Wildman–Crippen MR) is 125 cm³/mol. The molecule has 7 nitrogen and oxygen atoms in total. The fourth-order valence-corrected chi connectivity index (χ4v) is 4.99. The summed E-state index contributed by atoms with van der Waals surface area (Å²) in [5.41, 5.74) is 8.82. The molecule has 0 bridgehead atoms. The number of amides is 1. The van der Waals surface area contributed by atoms with Crippen molar-refractivity contribution in [3.05, 3.63) is 80.6 Å². The first-order chi connectivity index (χ1) is 14.9. The Morgan fingerprint density at radius 3 is 2.71 bits per heavy atom. The van der Waals surface area contributed by atoms with E-state index < -0.39 is 6.04 Å². The normalized spacial score (nSPS) is 17.8. The predicted octanol–water partition coefficient (Wildman–Crippen LogP) is 4.48. The molecular weight excluding hydrogens is 478 g/mol. The number of halogens is 1. The minimum Gasteiger partial charge on any atom is -0.496 e. The van der Waals surface area contributed by atoms with Gasteiger partial charge in [-0.3, -0.25) is 9.69 Å². The van der Waals surface area contributed by atoms with E-state index in [4.69, 9.17) is 10.5 Å². The lowest BCUT2D eigenvalue weighted by Crippen LogP contribution is -2.39. The fourth-order valence-electron chi connectivity index (χ4n) is 3.52. The van der Waals surface area contributed by atoms with E-state index in [-0.39, 0.29) is 11.7 Å². The van der Waals surface area contributed by atoms with Gasteiger partial charge in [0.25, 0.3) is 5.91 Å². The number of nitrogens with zero attached hydrogens (tertiary/aromatic N) is 3. The summed E-state index contributed by atoms with van der Waals surface area (Å²) in [6, 6.07) is 16.4. The van der Waals surface area contributed by atoms with Gasteiger partial charge in [0.2, 0.25) is 0 Å². The topological polar surface area (TPSA) is 104 Å². The number of benzene rings is 2. The number of nitrogens with one attached hydrogen (secondary N) is 1. The van der Waals surface area contributed by atoms with Crippen molar-refractivity contribution in [2.45, 2.75) is 13.0 Å². The number of methoxy groups -OCH3 is 1. The first kappa shape index (κ1) is 21.0. The quantitative estimate of drug-likeness (QED) is 0.647. The van der Waals surface area contributed by atoms with Crippen LogP contribution < -0.4 is 15.8 Å². The van der Waals surface area contributed by atoms with Crippen LogP contribution in [0.1, 0.15) is 18.5 Å². The zero-order chi connectivity index (χ0) is 22.1. The van der Waals surface area contributed by atoms with E-state index in [9.17, 15) is 10.1 Å². The molecule has 1 amide bonds. The van der Waals surface area contributed by atoms with E-state index >= 15 is 0 Å². The molecule has 0 aliphatic carbocycles. The number of carbonyl (C=O) groups excluding carboxylic acids is 1. The molecule has 2 heterocycles. The largest absolute Gasteiger partial charge is 0.496 e. The third-order valence-electron chi connectivity index (χ3n) is 4.95. The number of thioether (sulfide) groups is 1. The van der Waals surface area contributed by atoms with Crippen LogP contribution in [0.15, 0.2) is 80.0 Å². The Morgan fingerprint density at radius 1 is 1.32 bits per heavy atom. The number of aliphatic imine (C=N–C) groups is 1. The summed E-state index contributed by atoms with van der Waals surface area (Å²) in [6.07, 6.45) is 0. The third-order valence-corrected chi connectivity index (χ3v) is 6.54. The number of nitrogens with two attached hydrogens (primary N) is 1. The summed E-state index contributed by atoms with van der Waals surface area (Å²) in [5.74, 6) is 0.661. The maximum atomic E-state index is 13.4. The molecule has 9 heteroatoms. The van der Waals surface area contributed by atoms with E-state index in [1.54, 1.807) is 18.9 Å². The summed E-state index contributed by atoms with van der Waals surface area (Å²) in [5, 5.41) is 13.0. The molecule has 31 heavy (non-hydrogen) atoms. The smallest absolute Gasteiger partial charge is 0.255 e. The van der Waals surface area contributed by atoms with Gasteiger partial charge in [-0.25, -0.2) is 4.99 Å². The number of rotatable bonds is 4. The second-order valence-electron chi connectivity index (χ2n) is 6.81. The van der Waals surface area contributed by atoms with Crippen LogP contribution in [0.5, 0.6) is 5.75 Å². The van der Waals surface area contributed by atoms with Gasteiger partial charge < -0.3 is 15.8 Å². The minimum absolute atomic E-state index is 0.278. The second kappa shape index (κ2) is 8.49. The van der Waals surface area contributed by atoms with Gasteiger partial charge in [-0.2, -0.15) is 5.26 Å². The average Bonchev–Trinajstić information content (AvgIpc) is 3.08. The molecule has 156 valence electrons. The number of para-hydroxylation sites is 1. The van der Waals surface area contributed by atoms with Crippen LogP contribution in [0.2, 0.25) is 0 Å². The minimum atomic E-state index is -0.559. The molecule has 2 aliphatic rings. The lowest BCUT2D eigenvalue weighted by atomic mass is 9.93. The van der Waals surface area contributed by atoms with Crippen LogP contribution >= 0.6 is 27.7 Å². The van der Waals surface area contributed by atoms with Crippen LogP contribution in [0, 0.1) is 11.3 Å². The summed E-state index contributed by atoms with van der Waals surface area (Å²) in [6.45, 7) is 1.79. The molecule has 3 N–H and O–H groups in total. The summed E-state index contributed by atoms with van der Waals surface area (Å²) >= 11 is 4.72. The van der Waals surface area contributed by atoms with Crippen molar-refractivity contribution in [2.75, 3.05) is 12.4 Å². The molecule has 0 aromatic heterocycles. The highest BCUT2D eigenvalue weighted by molar-refractivity contribution is 9.10. The van der Waals surface area contributed by atoms with Gasteiger partial charge in [0.1, 0.15) is 22.5 Å². The highest BCUT2D eigenvalue weighted by atomic mass is 79.9. The van der Waals surface area contributed by atoms with Gasteiger partial charge in [-0.15, -0.1) is 0 Å². The van der Waals surface area contributed by atoms with Gasteiger partial charge in [0.15, 0.2) is 5.17 Å². The van der Waals surface area contributed by atoms with Crippen molar-refractivity contribution in [2.24, 2.45) is 10.7 Å². The van der Waals surface area contributed by atoms with Crippen molar-refractivity contribution in [1.82, 2.24) is 4.90 Å². The molecular formula is C22H18BrN5O2S. The Hall–Kier alpha value is -3.22. The first-order valence-corrected chi connectivity index (χ1v) is 10.9. The van der Waals surface area contributed by atoms with E-state index in [2.05, 4.69) is 32.3 Å². The van der Waals surface area contributed by atoms with Gasteiger partial charge in [-0.1, -0.05) is 24.3 Å². The van der Waals surface area contributed by atoms with Crippen LogP contribution in [0.3, 0.4) is 0 Å². The number of anilines is 1. The molecule has 0 spiro atoms. The number of hydrogen-bond acceptors (Lipinski definition) is 7. The lowest BCUT2D eigenvalue weighted by molar-refractivity contribution is -0.113. The van der Waals surface area contributed by atoms with Crippen LogP contribution in [-0.4, -0.2) is 23.1 Å². The molecule has 1 atom stereocenters. The molecule has 2 aromatic carbocycles. The molecule has 0 saturated carbocycles. The van der Waals surface area contributed by atoms with Crippen LogP contribution in [0.25, 0.3) is 0 Å². The van der Waals surface area contributed by atoms with E-state index in [0.717, 1.165) is 10.0 Å². The third kappa shape index (κ3) is 3.80. The van der Waals surface area contributed by atoms with E-state index in [1.807, 2.05) is 48.5 Å². The van der Waals surface area contributed by atoms with E-state index in [0.29, 0.717) is 32.8 Å². The molecule has 0 saturated heterocycles. The summed E-state index contributed by atoms with van der Waals surface area (Å²) < 4.78 is 6.09. The number of allylic oxidation sites excluding steroid dienone is 2. The van der Waals surface area contributed by atoms with Crippen molar-refractivity contribution >= 4 is 44.5 Å². The van der Waals surface area contributed by atoms with Gasteiger partial charge in [0, 0.05) is 5.69 Å². The molecule has 4 rings (SSSR count). The van der Waals surface area contributed by atoms with Gasteiger partial charge in [-0.05, 0) is 64.4 Å². The Bertz CT molecular complexity index is 1200. The number of fused-ring (bicyclic) bond motifs is 1. The maximum Gasteiger partial charge on any atom is 0.255 e. The Morgan fingerprint density at radius 2 is 2.06 bits per heavy atom. The lowest BCUT2D eigenvalue weighted by Gasteiger charge is -2.35. The molecule has 2 aromatic rings. The Balaban J connectivity index is 1.84. The zero-order valence-corrected chi connectivity index (χ0v) is 19.1. The summed E-state index contributed by atoms with van der Waals surface area (Å²) in [4.78, 5) is 20.1. The molecule has 0 unspecified atom stereocenters. The van der Waals surface area contributed by atoms with Crippen molar-refractivity contribution in [1.29, 1.82) is 5.26 Å². The highest BCUT2D eigenvalue weighted by Crippen LogP contribution is 2.46. The zero-order valence-electron chi connectivity index (χ0n) is 16.7. The van der Waals surface area contributed by atoms with Gasteiger partial charge >= 0.3 is 0 Å². The van der Waals surface area contributed by atoms with Crippen LogP contribution in [0.4, 0.5) is 5.69 Å². The highest BCUT2D eigenvalue weighted by Gasteiger charge is 2.42. The maximum absolute atomic E-state index is 13.4.